The SMILES string of the molecule is N#Cc1cccnc1NC1CCN(C(=O)C2CCN(Cc3ccnc(N)c3)CC2)CC1. The molecule has 0 unspecified atom stereocenters. The van der Waals surface area contributed by atoms with Crippen molar-refractivity contribution in [1.29, 1.82) is 5.26 Å². The lowest BCUT2D eigenvalue weighted by Gasteiger charge is -2.37. The number of hydrogen-bond acceptors (Lipinski definition) is 7. The fraction of sp³-hybridized carbons (Fsp3) is 0.478. The van der Waals surface area contributed by atoms with Crippen molar-refractivity contribution >= 4 is 17.5 Å². The molecule has 1 amide bonds. The summed E-state index contributed by atoms with van der Waals surface area (Å²) in [5.41, 5.74) is 7.50. The quantitative estimate of drug-likeness (QED) is 0.764. The Balaban J connectivity index is 1.23. The number of anilines is 2. The summed E-state index contributed by atoms with van der Waals surface area (Å²) in [4.78, 5) is 25.8. The van der Waals surface area contributed by atoms with Crippen molar-refractivity contribution in [2.24, 2.45) is 5.92 Å². The molecule has 2 aliphatic rings. The number of nitrogens with zero attached hydrogens (tertiary/aromatic N) is 5. The maximum absolute atomic E-state index is 13.0. The summed E-state index contributed by atoms with van der Waals surface area (Å²) in [6, 6.07) is 9.86. The second kappa shape index (κ2) is 9.75. The van der Waals surface area contributed by atoms with E-state index in [1.54, 1.807) is 24.5 Å². The first-order chi connectivity index (χ1) is 15.1. The lowest BCUT2D eigenvalue weighted by atomic mass is 9.93. The Bertz CT molecular complexity index is 941. The molecule has 0 atom stereocenters. The monoisotopic (exact) mass is 419 g/mol. The number of aromatic nitrogens is 2. The van der Waals surface area contributed by atoms with E-state index < -0.39 is 0 Å². The van der Waals surface area contributed by atoms with E-state index in [4.69, 9.17) is 5.73 Å². The number of likely N-dealkylation sites (tertiary alicyclic amines) is 2. The summed E-state index contributed by atoms with van der Waals surface area (Å²) in [5, 5.41) is 12.6. The fourth-order valence-corrected chi connectivity index (χ4v) is 4.50. The molecular formula is C23H29N7O. The molecule has 0 aromatic carbocycles. The zero-order valence-electron chi connectivity index (χ0n) is 17.7. The number of carbonyl (C=O) groups excluding carboxylic acids is 1. The van der Waals surface area contributed by atoms with Gasteiger partial charge in [-0.2, -0.15) is 5.26 Å². The van der Waals surface area contributed by atoms with Gasteiger partial charge in [0.05, 0.1) is 5.56 Å². The minimum absolute atomic E-state index is 0.115. The summed E-state index contributed by atoms with van der Waals surface area (Å²) >= 11 is 0. The van der Waals surface area contributed by atoms with Crippen LogP contribution in [0.15, 0.2) is 36.7 Å². The van der Waals surface area contributed by atoms with Crippen molar-refractivity contribution < 1.29 is 4.79 Å². The number of rotatable bonds is 5. The van der Waals surface area contributed by atoms with Gasteiger partial charge in [0, 0.05) is 44.0 Å². The van der Waals surface area contributed by atoms with Gasteiger partial charge in [0.25, 0.3) is 0 Å². The largest absolute Gasteiger partial charge is 0.384 e. The Kier molecular flexibility index (Phi) is 6.63. The van der Waals surface area contributed by atoms with E-state index in [2.05, 4.69) is 26.3 Å². The van der Waals surface area contributed by atoms with Gasteiger partial charge in [-0.1, -0.05) is 0 Å². The lowest BCUT2D eigenvalue weighted by Crippen LogP contribution is -2.47. The number of piperidine rings is 2. The normalized spacial score (nSPS) is 18.5. The van der Waals surface area contributed by atoms with Crippen LogP contribution in [0.2, 0.25) is 0 Å². The molecule has 0 aliphatic carbocycles. The Hall–Kier alpha value is -3.18. The molecule has 0 saturated carbocycles. The summed E-state index contributed by atoms with van der Waals surface area (Å²) < 4.78 is 0. The summed E-state index contributed by atoms with van der Waals surface area (Å²) in [5.74, 6) is 1.59. The molecule has 2 aromatic rings. The van der Waals surface area contributed by atoms with Crippen LogP contribution in [0.3, 0.4) is 0 Å². The first-order valence-corrected chi connectivity index (χ1v) is 11.0. The van der Waals surface area contributed by atoms with Gasteiger partial charge in [0.2, 0.25) is 5.91 Å². The fourth-order valence-electron chi connectivity index (χ4n) is 4.50. The third-order valence-corrected chi connectivity index (χ3v) is 6.26. The van der Waals surface area contributed by atoms with E-state index in [1.165, 1.54) is 5.56 Å². The second-order valence-electron chi connectivity index (χ2n) is 8.39. The molecule has 0 bridgehead atoms. The van der Waals surface area contributed by atoms with Crippen LogP contribution in [-0.2, 0) is 11.3 Å². The molecule has 4 rings (SSSR count). The minimum atomic E-state index is 0.115. The molecule has 8 heteroatoms. The van der Waals surface area contributed by atoms with Gasteiger partial charge in [-0.15, -0.1) is 0 Å². The Morgan fingerprint density at radius 2 is 1.90 bits per heavy atom. The van der Waals surface area contributed by atoms with E-state index in [1.807, 2.05) is 17.0 Å². The zero-order chi connectivity index (χ0) is 21.6. The van der Waals surface area contributed by atoms with Crippen LogP contribution in [0.5, 0.6) is 0 Å². The maximum Gasteiger partial charge on any atom is 0.225 e. The molecule has 0 spiro atoms. The number of nitrogens with two attached hydrogens (primary N) is 1. The molecule has 0 radical (unpaired) electrons. The van der Waals surface area contributed by atoms with Crippen LogP contribution in [0.25, 0.3) is 0 Å². The molecule has 2 aromatic heterocycles. The predicted molar refractivity (Wildman–Crippen MR) is 119 cm³/mol. The predicted octanol–water partition coefficient (Wildman–Crippen LogP) is 2.25. The standard InChI is InChI=1S/C23H29N7O/c24-15-19-2-1-8-27-22(19)28-20-6-12-30(13-7-20)23(31)18-4-10-29(11-5-18)16-17-3-9-26-21(25)14-17/h1-3,8-9,14,18,20H,4-7,10-13,16H2,(H2,25,26)(H,27,28). The van der Waals surface area contributed by atoms with E-state index in [0.29, 0.717) is 23.1 Å². The zero-order valence-corrected chi connectivity index (χ0v) is 17.7. The first-order valence-electron chi connectivity index (χ1n) is 11.0. The molecule has 2 fully saturated rings. The van der Waals surface area contributed by atoms with Crippen molar-refractivity contribution in [2.45, 2.75) is 38.3 Å². The highest BCUT2D eigenvalue weighted by Crippen LogP contribution is 2.24. The minimum Gasteiger partial charge on any atom is -0.384 e. The Morgan fingerprint density at radius 1 is 1.13 bits per heavy atom. The third kappa shape index (κ3) is 5.30. The van der Waals surface area contributed by atoms with Crippen LogP contribution >= 0.6 is 0 Å². The molecule has 8 nitrogen and oxygen atoms in total. The van der Waals surface area contributed by atoms with Crippen LogP contribution in [0.4, 0.5) is 11.6 Å². The molecular weight excluding hydrogens is 390 g/mol. The average Bonchev–Trinajstić information content (AvgIpc) is 2.80. The Labute approximate surface area is 183 Å². The van der Waals surface area contributed by atoms with Gasteiger partial charge in [0.15, 0.2) is 0 Å². The van der Waals surface area contributed by atoms with Crippen LogP contribution < -0.4 is 11.1 Å². The number of nitriles is 1. The molecule has 31 heavy (non-hydrogen) atoms. The average molecular weight is 420 g/mol. The summed E-state index contributed by atoms with van der Waals surface area (Å²) in [6.45, 7) is 4.20. The van der Waals surface area contributed by atoms with Gasteiger partial charge in [-0.25, -0.2) is 9.97 Å². The van der Waals surface area contributed by atoms with E-state index in [9.17, 15) is 10.1 Å². The smallest absolute Gasteiger partial charge is 0.225 e. The highest BCUT2D eigenvalue weighted by molar-refractivity contribution is 5.79. The van der Waals surface area contributed by atoms with Crippen molar-refractivity contribution in [3.05, 3.63) is 47.8 Å². The van der Waals surface area contributed by atoms with Crippen molar-refractivity contribution in [3.63, 3.8) is 0 Å². The number of hydrogen-bond donors (Lipinski definition) is 2. The van der Waals surface area contributed by atoms with Crippen LogP contribution in [0, 0.1) is 17.2 Å². The number of pyridine rings is 2. The third-order valence-electron chi connectivity index (χ3n) is 6.26. The number of amides is 1. The number of carbonyl (C=O) groups is 1. The van der Waals surface area contributed by atoms with Gasteiger partial charge < -0.3 is 16.0 Å². The van der Waals surface area contributed by atoms with E-state index >= 15 is 0 Å². The lowest BCUT2D eigenvalue weighted by molar-refractivity contribution is -0.138. The highest BCUT2D eigenvalue weighted by Gasteiger charge is 2.31. The van der Waals surface area contributed by atoms with E-state index in [0.717, 1.165) is 58.4 Å². The van der Waals surface area contributed by atoms with Crippen LogP contribution in [0.1, 0.15) is 36.8 Å². The van der Waals surface area contributed by atoms with Gasteiger partial charge >= 0.3 is 0 Å². The Morgan fingerprint density at radius 3 is 2.61 bits per heavy atom. The van der Waals surface area contributed by atoms with Gasteiger partial charge in [0.1, 0.15) is 17.7 Å². The second-order valence-corrected chi connectivity index (χ2v) is 8.39. The maximum atomic E-state index is 13.0. The van der Waals surface area contributed by atoms with Crippen molar-refractivity contribution in [3.8, 4) is 6.07 Å². The molecule has 3 N–H and O–H groups in total. The van der Waals surface area contributed by atoms with Crippen molar-refractivity contribution in [2.75, 3.05) is 37.2 Å². The van der Waals surface area contributed by atoms with Gasteiger partial charge in [-0.3, -0.25) is 9.69 Å². The number of nitrogen functional groups attached to an aromatic ring is 1. The summed E-state index contributed by atoms with van der Waals surface area (Å²) in [6.07, 6.45) is 6.98. The van der Waals surface area contributed by atoms with E-state index in [-0.39, 0.29) is 12.0 Å². The molecule has 2 aliphatic heterocycles. The first kappa shape index (κ1) is 21.1. The molecule has 4 heterocycles. The summed E-state index contributed by atoms with van der Waals surface area (Å²) in [7, 11) is 0. The van der Waals surface area contributed by atoms with Crippen molar-refractivity contribution in [1.82, 2.24) is 19.8 Å². The van der Waals surface area contributed by atoms with Crippen LogP contribution in [-0.4, -0.2) is 57.9 Å². The number of nitrogens with one attached hydrogen (secondary N) is 1. The molecule has 2 saturated heterocycles. The topological polar surface area (TPSA) is 111 Å². The van der Waals surface area contributed by atoms with Gasteiger partial charge in [-0.05, 0) is 68.6 Å². The highest BCUT2D eigenvalue weighted by atomic mass is 16.2. The molecule has 162 valence electrons.